The lowest BCUT2D eigenvalue weighted by molar-refractivity contribution is -0.115. The lowest BCUT2D eigenvalue weighted by Crippen LogP contribution is -2.24. The zero-order valence-corrected chi connectivity index (χ0v) is 10.8. The topological polar surface area (TPSA) is 29.1 Å². The van der Waals surface area contributed by atoms with Gasteiger partial charge in [0.25, 0.3) is 0 Å². The smallest absolute Gasteiger partial charge is 0.157 e. The van der Waals surface area contributed by atoms with E-state index in [0.717, 1.165) is 24.1 Å². The molecule has 0 radical (unpaired) electrons. The molecule has 1 aliphatic carbocycles. The Bertz CT molecular complexity index is 479. The second-order valence-corrected chi connectivity index (χ2v) is 4.80. The number of carbonyl (C=O) groups excluding carboxylic acids is 1. The zero-order chi connectivity index (χ0) is 12.3. The average Bonchev–Trinajstić information content (AvgIpc) is 2.29. The van der Waals surface area contributed by atoms with Crippen molar-refractivity contribution >= 4 is 34.6 Å². The monoisotopic (exact) mass is 265 g/mol. The highest BCUT2D eigenvalue weighted by Crippen LogP contribution is 2.15. The highest BCUT2D eigenvalue weighted by atomic mass is 35.5. The molecule has 2 rings (SSSR count). The van der Waals surface area contributed by atoms with Gasteiger partial charge in [-0.3, -0.25) is 4.79 Å². The van der Waals surface area contributed by atoms with Gasteiger partial charge in [0.15, 0.2) is 5.78 Å². The van der Waals surface area contributed by atoms with Gasteiger partial charge in [0.2, 0.25) is 0 Å². The number of allylic oxidation sites excluding steroid dienone is 2. The molecule has 0 spiro atoms. The molecule has 0 bridgehead atoms. The van der Waals surface area contributed by atoms with Gasteiger partial charge in [-0.15, -0.1) is 0 Å². The minimum Gasteiger partial charge on any atom is -0.349 e. The second-order valence-electron chi connectivity index (χ2n) is 3.95. The van der Waals surface area contributed by atoms with Gasteiger partial charge in [-0.1, -0.05) is 36.0 Å². The summed E-state index contributed by atoms with van der Waals surface area (Å²) >= 11 is 11.1. The lowest BCUT2D eigenvalue weighted by atomic mass is 10.0. The first-order valence-corrected chi connectivity index (χ1v) is 6.24. The Morgan fingerprint density at radius 3 is 2.59 bits per heavy atom. The van der Waals surface area contributed by atoms with Crippen LogP contribution in [0.15, 0.2) is 36.0 Å². The third-order valence-electron chi connectivity index (χ3n) is 2.59. The third kappa shape index (κ3) is 3.38. The Morgan fingerprint density at radius 2 is 1.94 bits per heavy atom. The molecule has 0 aromatic heterocycles. The van der Waals surface area contributed by atoms with Crippen LogP contribution in [0.4, 0.5) is 0 Å². The lowest BCUT2D eigenvalue weighted by Gasteiger charge is -2.15. The highest BCUT2D eigenvalue weighted by Gasteiger charge is 2.11. The van der Waals surface area contributed by atoms with Gasteiger partial charge in [0, 0.05) is 28.8 Å². The van der Waals surface area contributed by atoms with Crippen LogP contribution >= 0.6 is 23.8 Å². The van der Waals surface area contributed by atoms with Crippen LogP contribution < -0.4 is 5.32 Å². The summed E-state index contributed by atoms with van der Waals surface area (Å²) in [4.78, 5) is 11.9. The summed E-state index contributed by atoms with van der Waals surface area (Å²) in [6.45, 7) is 0. The van der Waals surface area contributed by atoms with E-state index >= 15 is 0 Å². The van der Waals surface area contributed by atoms with Gasteiger partial charge in [-0.05, 0) is 25.0 Å². The Balaban J connectivity index is 2.06. The molecule has 4 heteroatoms. The molecule has 0 unspecified atom stereocenters. The molecule has 0 atom stereocenters. The third-order valence-corrected chi connectivity index (χ3v) is 3.17. The van der Waals surface area contributed by atoms with Crippen molar-refractivity contribution in [2.24, 2.45) is 0 Å². The predicted octanol–water partition coefficient (Wildman–Crippen LogP) is 3.24. The van der Waals surface area contributed by atoms with Crippen molar-refractivity contribution in [1.29, 1.82) is 0 Å². The van der Waals surface area contributed by atoms with Gasteiger partial charge in [0.05, 0.1) is 0 Å². The van der Waals surface area contributed by atoms with E-state index in [0.29, 0.717) is 16.4 Å². The number of hydrogen-bond donors (Lipinski definition) is 1. The maximum Gasteiger partial charge on any atom is 0.157 e. The van der Waals surface area contributed by atoms with Crippen LogP contribution in [-0.2, 0) is 4.79 Å². The molecule has 0 aliphatic heterocycles. The van der Waals surface area contributed by atoms with Crippen molar-refractivity contribution in [2.45, 2.75) is 19.3 Å². The Hall–Kier alpha value is -1.19. The summed E-state index contributed by atoms with van der Waals surface area (Å²) in [6, 6.07) is 7.32. The van der Waals surface area contributed by atoms with Crippen LogP contribution in [0.2, 0.25) is 5.02 Å². The van der Waals surface area contributed by atoms with E-state index in [4.69, 9.17) is 23.8 Å². The standard InChI is InChI=1S/C13H12ClNOS/c14-10-6-4-9(5-7-10)13(17)15-11-2-1-3-12(16)8-11/h4-8H,1-3H2,(H,15,17). The molecule has 0 saturated heterocycles. The van der Waals surface area contributed by atoms with E-state index in [1.807, 2.05) is 12.1 Å². The van der Waals surface area contributed by atoms with Gasteiger partial charge in [-0.2, -0.15) is 0 Å². The maximum atomic E-state index is 11.3. The summed E-state index contributed by atoms with van der Waals surface area (Å²) < 4.78 is 0. The van der Waals surface area contributed by atoms with Crippen LogP contribution in [0.1, 0.15) is 24.8 Å². The van der Waals surface area contributed by atoms with Crippen LogP contribution in [0, 0.1) is 0 Å². The summed E-state index contributed by atoms with van der Waals surface area (Å²) in [5.41, 5.74) is 1.81. The molecule has 1 N–H and O–H groups in total. The fourth-order valence-electron chi connectivity index (χ4n) is 1.71. The quantitative estimate of drug-likeness (QED) is 0.833. The summed E-state index contributed by atoms with van der Waals surface area (Å²) in [7, 11) is 0. The number of benzene rings is 1. The van der Waals surface area contributed by atoms with Crippen molar-refractivity contribution in [2.75, 3.05) is 0 Å². The molecular formula is C13H12ClNOS. The molecule has 0 fully saturated rings. The maximum absolute atomic E-state index is 11.3. The predicted molar refractivity (Wildman–Crippen MR) is 73.2 cm³/mol. The molecule has 0 heterocycles. The average molecular weight is 266 g/mol. The Kier molecular flexibility index (Phi) is 3.92. The summed E-state index contributed by atoms with van der Waals surface area (Å²) in [5, 5.41) is 3.80. The molecule has 17 heavy (non-hydrogen) atoms. The molecule has 1 aliphatic rings. The van der Waals surface area contributed by atoms with Gasteiger partial charge >= 0.3 is 0 Å². The number of thiocarbonyl (C=S) groups is 1. The number of carbonyl (C=O) groups is 1. The SMILES string of the molecule is O=C1C=C(NC(=S)c2ccc(Cl)cc2)CCC1. The van der Waals surface area contributed by atoms with Crippen LogP contribution in [-0.4, -0.2) is 10.8 Å². The molecule has 2 nitrogen and oxygen atoms in total. The number of rotatable bonds is 2. The van der Waals surface area contributed by atoms with Crippen LogP contribution in [0.5, 0.6) is 0 Å². The Labute approximate surface area is 111 Å². The first kappa shape index (κ1) is 12.3. The first-order chi connectivity index (χ1) is 8.15. The zero-order valence-electron chi connectivity index (χ0n) is 9.20. The van der Waals surface area contributed by atoms with E-state index in [1.54, 1.807) is 18.2 Å². The fraction of sp³-hybridized carbons (Fsp3) is 0.231. The molecule has 1 aromatic rings. The van der Waals surface area contributed by atoms with Crippen molar-refractivity contribution in [3.05, 3.63) is 46.6 Å². The van der Waals surface area contributed by atoms with Crippen molar-refractivity contribution < 1.29 is 4.79 Å². The van der Waals surface area contributed by atoms with E-state index in [2.05, 4.69) is 5.32 Å². The molecule has 1 aromatic carbocycles. The van der Waals surface area contributed by atoms with Gasteiger partial charge in [-0.25, -0.2) is 0 Å². The summed E-state index contributed by atoms with van der Waals surface area (Å²) in [5.74, 6) is 0.164. The van der Waals surface area contributed by atoms with E-state index in [-0.39, 0.29) is 5.78 Å². The van der Waals surface area contributed by atoms with E-state index < -0.39 is 0 Å². The van der Waals surface area contributed by atoms with Crippen LogP contribution in [0.3, 0.4) is 0 Å². The van der Waals surface area contributed by atoms with Crippen molar-refractivity contribution in [3.8, 4) is 0 Å². The Morgan fingerprint density at radius 1 is 1.24 bits per heavy atom. The molecule has 88 valence electrons. The van der Waals surface area contributed by atoms with E-state index in [1.165, 1.54) is 0 Å². The minimum atomic E-state index is 0.164. The first-order valence-electron chi connectivity index (χ1n) is 5.45. The largest absolute Gasteiger partial charge is 0.349 e. The number of ketones is 1. The van der Waals surface area contributed by atoms with Gasteiger partial charge in [0.1, 0.15) is 4.99 Å². The van der Waals surface area contributed by atoms with Gasteiger partial charge < -0.3 is 5.32 Å². The van der Waals surface area contributed by atoms with Crippen LogP contribution in [0.25, 0.3) is 0 Å². The fourth-order valence-corrected chi connectivity index (χ4v) is 2.10. The number of nitrogens with one attached hydrogen (secondary N) is 1. The second kappa shape index (κ2) is 5.43. The molecule has 0 amide bonds. The molecular weight excluding hydrogens is 254 g/mol. The molecule has 0 saturated carbocycles. The minimum absolute atomic E-state index is 0.164. The highest BCUT2D eigenvalue weighted by molar-refractivity contribution is 7.80. The van der Waals surface area contributed by atoms with E-state index in [9.17, 15) is 4.79 Å². The summed E-state index contributed by atoms with van der Waals surface area (Å²) in [6.07, 6.45) is 4.05. The normalized spacial score (nSPS) is 15.4. The van der Waals surface area contributed by atoms with Crippen molar-refractivity contribution in [3.63, 3.8) is 0 Å². The number of hydrogen-bond acceptors (Lipinski definition) is 2. The number of halogens is 1. The van der Waals surface area contributed by atoms with Crippen molar-refractivity contribution in [1.82, 2.24) is 5.32 Å².